The highest BCUT2D eigenvalue weighted by Crippen LogP contribution is 2.27. The summed E-state index contributed by atoms with van der Waals surface area (Å²) in [7, 11) is 0. The molecule has 2 rings (SSSR count). The van der Waals surface area contributed by atoms with E-state index in [1.165, 1.54) is 0 Å². The fourth-order valence-corrected chi connectivity index (χ4v) is 2.05. The molecule has 0 saturated carbocycles. The van der Waals surface area contributed by atoms with Crippen LogP contribution >= 0.6 is 11.8 Å². The quantitative estimate of drug-likeness (QED) is 0.727. The number of aliphatic carboxylic acids is 1. The van der Waals surface area contributed by atoms with Crippen LogP contribution < -0.4 is 0 Å². The molecule has 2 heterocycles. The number of hydrogen-bond acceptors (Lipinski definition) is 5. The van der Waals surface area contributed by atoms with Crippen LogP contribution in [-0.2, 0) is 4.79 Å². The molecule has 0 aliphatic carbocycles. The lowest BCUT2D eigenvalue weighted by Gasteiger charge is -2.16. The number of fused-ring (bicyclic) bond motifs is 1. The van der Waals surface area contributed by atoms with Crippen LogP contribution in [0, 0.1) is 6.92 Å². The zero-order valence-electron chi connectivity index (χ0n) is 7.63. The third-order valence-electron chi connectivity index (χ3n) is 1.85. The highest BCUT2D eigenvalue weighted by atomic mass is 32.2. The Morgan fingerprint density at radius 1 is 1.50 bits per heavy atom. The number of carboxylic acid groups (broad SMARTS) is 1. The van der Waals surface area contributed by atoms with Crippen LogP contribution in [0.4, 0.5) is 0 Å². The lowest BCUT2D eigenvalue weighted by atomic mass is 10.3. The third kappa shape index (κ3) is 1.29. The number of aryl methyl sites for hydroxylation is 1. The van der Waals surface area contributed by atoms with Crippen molar-refractivity contribution in [1.82, 2.24) is 14.9 Å². The van der Waals surface area contributed by atoms with Gasteiger partial charge in [0.15, 0.2) is 5.82 Å². The Morgan fingerprint density at radius 2 is 2.21 bits per heavy atom. The minimum absolute atomic E-state index is 0.528. The number of hydrogen-bond donors (Lipinski definition) is 1. The van der Waals surface area contributed by atoms with Crippen LogP contribution in [0.1, 0.15) is 12.7 Å². The fourth-order valence-electron chi connectivity index (χ4n) is 1.16. The molecule has 1 unspecified atom stereocenters. The summed E-state index contributed by atoms with van der Waals surface area (Å²) in [5, 5.41) is 20.5. The van der Waals surface area contributed by atoms with E-state index in [1.54, 1.807) is 18.5 Å². The molecule has 1 N–H and O–H groups in total. The first-order valence-electron chi connectivity index (χ1n) is 3.96. The van der Waals surface area contributed by atoms with Crippen molar-refractivity contribution in [3.05, 3.63) is 5.82 Å². The maximum atomic E-state index is 10.8. The van der Waals surface area contributed by atoms with E-state index in [4.69, 9.17) is 5.11 Å². The van der Waals surface area contributed by atoms with Gasteiger partial charge in [0.25, 0.3) is 0 Å². The second-order valence-corrected chi connectivity index (χ2v) is 3.99. The molecule has 0 bridgehead atoms. The summed E-state index contributed by atoms with van der Waals surface area (Å²) in [6.07, 6.45) is 0. The van der Waals surface area contributed by atoms with Crippen LogP contribution in [0.5, 0.6) is 0 Å². The van der Waals surface area contributed by atoms with Gasteiger partial charge in [-0.2, -0.15) is 9.78 Å². The molecule has 74 valence electrons. The van der Waals surface area contributed by atoms with E-state index >= 15 is 0 Å². The number of rotatable bonds is 1. The molecule has 0 amide bonds. The van der Waals surface area contributed by atoms with Crippen LogP contribution in [0.2, 0.25) is 0 Å². The second-order valence-electron chi connectivity index (χ2n) is 2.92. The molecule has 0 saturated heterocycles. The number of nitrogens with zero attached hydrogens (tertiary/aromatic N) is 4. The minimum atomic E-state index is -0.900. The highest BCUT2D eigenvalue weighted by molar-refractivity contribution is 8.01. The van der Waals surface area contributed by atoms with Crippen molar-refractivity contribution in [2.45, 2.75) is 24.3 Å². The molecule has 0 radical (unpaired) electrons. The summed E-state index contributed by atoms with van der Waals surface area (Å²) in [5.74, 6) is -0.237. The van der Waals surface area contributed by atoms with E-state index in [9.17, 15) is 4.79 Å². The molecule has 0 aromatic carbocycles. The van der Waals surface area contributed by atoms with Gasteiger partial charge in [-0.3, -0.25) is 4.79 Å². The van der Waals surface area contributed by atoms with E-state index in [1.807, 2.05) is 0 Å². The summed E-state index contributed by atoms with van der Waals surface area (Å²) in [5.41, 5.74) is 0.554. The molecular weight excluding hydrogens is 204 g/mol. The Kier molecular flexibility index (Phi) is 2.03. The highest BCUT2D eigenvalue weighted by Gasteiger charge is 2.29. The Balaban J connectivity index is 2.45. The predicted octanol–water partition coefficient (Wildman–Crippen LogP) is 0.369. The number of thioether (sulfide) groups is 1. The average Bonchev–Trinajstić information content (AvgIpc) is 2.46. The van der Waals surface area contributed by atoms with Gasteiger partial charge in [-0.05, 0) is 13.8 Å². The molecular formula is C7H8N4O2S. The van der Waals surface area contributed by atoms with Crippen LogP contribution in [-0.4, -0.2) is 36.9 Å². The largest absolute Gasteiger partial charge is 0.480 e. The van der Waals surface area contributed by atoms with Crippen LogP contribution in [0.3, 0.4) is 0 Å². The molecule has 14 heavy (non-hydrogen) atoms. The monoisotopic (exact) mass is 212 g/mol. The molecule has 7 heteroatoms. The van der Waals surface area contributed by atoms with Crippen molar-refractivity contribution < 1.29 is 9.90 Å². The van der Waals surface area contributed by atoms with E-state index in [0.29, 0.717) is 16.7 Å². The number of carbonyl (C=O) groups is 1. The normalized spacial score (nSPS) is 20.1. The summed E-state index contributed by atoms with van der Waals surface area (Å²) >= 11 is 1.15. The van der Waals surface area contributed by atoms with Crippen molar-refractivity contribution in [3.63, 3.8) is 0 Å². The zero-order valence-corrected chi connectivity index (χ0v) is 8.45. The fraction of sp³-hybridized carbons (Fsp3) is 0.429. The van der Waals surface area contributed by atoms with Gasteiger partial charge in [0, 0.05) is 0 Å². The van der Waals surface area contributed by atoms with E-state index in [-0.39, 0.29) is 0 Å². The van der Waals surface area contributed by atoms with Gasteiger partial charge < -0.3 is 5.11 Å². The van der Waals surface area contributed by atoms with Gasteiger partial charge in [0.2, 0.25) is 5.16 Å². The van der Waals surface area contributed by atoms with Crippen molar-refractivity contribution in [2.24, 2.45) is 5.10 Å². The average molecular weight is 212 g/mol. The molecule has 1 aliphatic rings. The van der Waals surface area contributed by atoms with Crippen molar-refractivity contribution in [3.8, 4) is 0 Å². The van der Waals surface area contributed by atoms with Gasteiger partial charge in [-0.1, -0.05) is 11.8 Å². The SMILES string of the molecule is CC1=Nn2c(C)nnc2SC1C(=O)O. The summed E-state index contributed by atoms with van der Waals surface area (Å²) in [6.45, 7) is 3.46. The summed E-state index contributed by atoms with van der Waals surface area (Å²) in [6, 6.07) is 0. The maximum absolute atomic E-state index is 10.8. The summed E-state index contributed by atoms with van der Waals surface area (Å²) in [4.78, 5) is 10.8. The standard InChI is InChI=1S/C7H8N4O2S/c1-3-5(6(12)13)14-7-9-8-4(2)11(7)10-3/h5H,1-2H3,(H,12,13). The van der Waals surface area contributed by atoms with Crippen LogP contribution in [0.25, 0.3) is 0 Å². The predicted molar refractivity (Wildman–Crippen MR) is 50.5 cm³/mol. The smallest absolute Gasteiger partial charge is 0.322 e. The molecule has 0 fully saturated rings. The first-order chi connectivity index (χ1) is 6.59. The third-order valence-corrected chi connectivity index (χ3v) is 3.10. The van der Waals surface area contributed by atoms with Gasteiger partial charge in [0.1, 0.15) is 5.25 Å². The Labute approximate surface area is 84.0 Å². The van der Waals surface area contributed by atoms with Gasteiger partial charge in [0.05, 0.1) is 5.71 Å². The Hall–Kier alpha value is -1.37. The molecule has 6 nitrogen and oxygen atoms in total. The van der Waals surface area contributed by atoms with E-state index in [0.717, 1.165) is 11.8 Å². The van der Waals surface area contributed by atoms with Gasteiger partial charge in [-0.25, -0.2) is 0 Å². The maximum Gasteiger partial charge on any atom is 0.322 e. The molecule has 1 aromatic heterocycles. The summed E-state index contributed by atoms with van der Waals surface area (Å²) < 4.78 is 1.56. The first kappa shape index (κ1) is 9.20. The lowest BCUT2D eigenvalue weighted by Crippen LogP contribution is -2.28. The topological polar surface area (TPSA) is 80.4 Å². The Morgan fingerprint density at radius 3 is 2.86 bits per heavy atom. The molecule has 1 atom stereocenters. The molecule has 0 spiro atoms. The van der Waals surface area contributed by atoms with E-state index < -0.39 is 11.2 Å². The first-order valence-corrected chi connectivity index (χ1v) is 4.84. The number of aromatic nitrogens is 3. The van der Waals surface area contributed by atoms with E-state index in [2.05, 4.69) is 15.3 Å². The van der Waals surface area contributed by atoms with Gasteiger partial charge in [-0.15, -0.1) is 10.2 Å². The van der Waals surface area contributed by atoms with Crippen molar-refractivity contribution in [1.29, 1.82) is 0 Å². The second kappa shape index (κ2) is 3.09. The number of carboxylic acids is 1. The van der Waals surface area contributed by atoms with Crippen LogP contribution in [0.15, 0.2) is 10.3 Å². The molecule has 1 aromatic rings. The zero-order chi connectivity index (χ0) is 10.3. The van der Waals surface area contributed by atoms with Crippen molar-refractivity contribution >= 4 is 23.4 Å². The Bertz CT molecular complexity index is 425. The van der Waals surface area contributed by atoms with Gasteiger partial charge >= 0.3 is 5.97 Å². The minimum Gasteiger partial charge on any atom is -0.480 e. The lowest BCUT2D eigenvalue weighted by molar-refractivity contribution is -0.135. The molecule has 1 aliphatic heterocycles. The van der Waals surface area contributed by atoms with Crippen molar-refractivity contribution in [2.75, 3.05) is 0 Å².